The van der Waals surface area contributed by atoms with Crippen molar-refractivity contribution in [3.63, 3.8) is 0 Å². The first-order valence-electron chi connectivity index (χ1n) is 5.85. The summed E-state index contributed by atoms with van der Waals surface area (Å²) in [7, 11) is -8.43. The number of amides is 1. The Labute approximate surface area is 142 Å². The molecule has 7 nitrogen and oxygen atoms in total. The minimum absolute atomic E-state index is 0.933. The lowest BCUT2D eigenvalue weighted by atomic mass is 10.0. The summed E-state index contributed by atoms with van der Waals surface area (Å²) in [5.41, 5.74) is -3.50. The number of carbonyl (C=O) groups is 2. The zero-order valence-corrected chi connectivity index (χ0v) is 14.3. The quantitative estimate of drug-likeness (QED) is 0.252. The van der Waals surface area contributed by atoms with Crippen LogP contribution >= 0.6 is 9.39 Å². The molecule has 0 aromatic rings. The second-order valence-corrected chi connectivity index (χ2v) is 9.25. The van der Waals surface area contributed by atoms with Crippen molar-refractivity contribution in [1.29, 1.82) is 0 Å². The number of carbonyl (C=O) groups excluding carboxylic acids is 2. The van der Waals surface area contributed by atoms with Crippen LogP contribution in [-0.4, -0.2) is 72.7 Å². The molecular formula is C10H12F7NO6S2. The molecule has 0 aliphatic heterocycles. The molecular weight excluding hydrogens is 427 g/mol. The normalized spacial score (nSPS) is 15.3. The van der Waals surface area contributed by atoms with Crippen LogP contribution in [0.1, 0.15) is 0 Å². The summed E-state index contributed by atoms with van der Waals surface area (Å²) in [6.07, 6.45) is 0.933. The van der Waals surface area contributed by atoms with Gasteiger partial charge in [0, 0.05) is 0 Å². The van der Waals surface area contributed by atoms with Gasteiger partial charge in [0.05, 0.1) is 0 Å². The van der Waals surface area contributed by atoms with Gasteiger partial charge in [-0.25, -0.2) is 9.18 Å². The molecule has 2 N–H and O–H groups in total. The largest absolute Gasteiger partial charge is 0.457 e. The molecule has 0 bridgehead atoms. The van der Waals surface area contributed by atoms with Gasteiger partial charge in [0.25, 0.3) is 5.50 Å². The van der Waals surface area contributed by atoms with Crippen LogP contribution < -0.4 is 4.72 Å². The molecule has 26 heavy (non-hydrogen) atoms. The second kappa shape index (κ2) is 7.22. The number of nitrogens with one attached hydrogen (secondary N) is 1. The van der Waals surface area contributed by atoms with E-state index in [1.807, 2.05) is 0 Å². The summed E-state index contributed by atoms with van der Waals surface area (Å²) >= 11 is 0. The van der Waals surface area contributed by atoms with Gasteiger partial charge in [-0.15, -0.1) is 9.39 Å². The number of alkyl halides is 7. The Kier molecular flexibility index (Phi) is 6.79. The summed E-state index contributed by atoms with van der Waals surface area (Å²) in [6, 6.07) is 0. The van der Waals surface area contributed by atoms with E-state index in [9.17, 15) is 48.7 Å². The van der Waals surface area contributed by atoms with Crippen LogP contribution in [0.5, 0.6) is 0 Å². The Morgan fingerprint density at radius 2 is 1.54 bits per heavy atom. The maximum atomic E-state index is 13.5. The predicted octanol–water partition coefficient (Wildman–Crippen LogP) is 0.949. The van der Waals surface area contributed by atoms with Crippen molar-refractivity contribution in [3.05, 3.63) is 0 Å². The van der Waals surface area contributed by atoms with Gasteiger partial charge < -0.3 is 9.46 Å². The van der Waals surface area contributed by atoms with Gasteiger partial charge in [-0.05, 0) is 6.26 Å². The van der Waals surface area contributed by atoms with Crippen LogP contribution in [0.2, 0.25) is 0 Å². The van der Waals surface area contributed by atoms with Gasteiger partial charge in [0.15, 0.2) is 0 Å². The SMILES string of the molecule is C=S(=C)(C)NC(=O)C(F)(F)C(F)(F)C(F)(F)C(=O)OCC(F)S(=O)(=O)O. The van der Waals surface area contributed by atoms with Crippen LogP contribution in [0.15, 0.2) is 0 Å². The Hall–Kier alpha value is -1.55. The van der Waals surface area contributed by atoms with Crippen molar-refractivity contribution in [2.45, 2.75) is 23.3 Å². The first-order chi connectivity index (χ1) is 11.2. The van der Waals surface area contributed by atoms with E-state index in [1.165, 1.54) is 4.72 Å². The third-order valence-electron chi connectivity index (χ3n) is 2.34. The van der Waals surface area contributed by atoms with Crippen LogP contribution in [0.3, 0.4) is 0 Å². The van der Waals surface area contributed by atoms with Gasteiger partial charge >= 0.3 is 39.8 Å². The highest BCUT2D eigenvalue weighted by molar-refractivity contribution is 8.26. The molecule has 1 amide bonds. The minimum Gasteiger partial charge on any atom is -0.457 e. The van der Waals surface area contributed by atoms with Crippen molar-refractivity contribution in [2.24, 2.45) is 0 Å². The molecule has 0 fully saturated rings. The van der Waals surface area contributed by atoms with E-state index < -0.39 is 61.3 Å². The number of esters is 1. The van der Waals surface area contributed by atoms with E-state index in [0.29, 0.717) is 0 Å². The number of halogens is 7. The molecule has 0 saturated heterocycles. The Morgan fingerprint density at radius 3 is 1.88 bits per heavy atom. The highest BCUT2D eigenvalue weighted by Gasteiger charge is 2.78. The molecule has 0 radical (unpaired) electrons. The Balaban J connectivity index is 5.58. The fourth-order valence-electron chi connectivity index (χ4n) is 1.07. The zero-order valence-electron chi connectivity index (χ0n) is 12.6. The molecule has 1 atom stereocenters. The van der Waals surface area contributed by atoms with Crippen molar-refractivity contribution in [3.8, 4) is 0 Å². The maximum Gasteiger partial charge on any atom is 0.411 e. The Bertz CT molecular complexity index is 778. The van der Waals surface area contributed by atoms with Crippen LogP contribution in [0.25, 0.3) is 0 Å². The van der Waals surface area contributed by atoms with E-state index in [0.717, 1.165) is 6.26 Å². The molecule has 0 aliphatic carbocycles. The first-order valence-corrected chi connectivity index (χ1v) is 9.74. The van der Waals surface area contributed by atoms with Gasteiger partial charge in [0.1, 0.15) is 6.61 Å². The van der Waals surface area contributed by atoms with Gasteiger partial charge in [-0.3, -0.25) is 9.35 Å². The first kappa shape index (κ1) is 24.5. The molecule has 0 aliphatic rings. The molecule has 0 saturated carbocycles. The van der Waals surface area contributed by atoms with E-state index in [1.54, 1.807) is 0 Å². The number of hydrogen-bond donors (Lipinski definition) is 2. The third kappa shape index (κ3) is 5.23. The van der Waals surface area contributed by atoms with E-state index in [-0.39, 0.29) is 0 Å². The van der Waals surface area contributed by atoms with Crippen LogP contribution in [-0.2, 0) is 24.4 Å². The van der Waals surface area contributed by atoms with Crippen molar-refractivity contribution < 1.29 is 58.0 Å². The lowest BCUT2D eigenvalue weighted by Crippen LogP contribution is -2.63. The fraction of sp³-hybridized carbons (Fsp3) is 0.600. The molecule has 0 spiro atoms. The van der Waals surface area contributed by atoms with E-state index in [4.69, 9.17) is 4.55 Å². The summed E-state index contributed by atoms with van der Waals surface area (Å²) < 4.78 is 126. The highest BCUT2D eigenvalue weighted by atomic mass is 32.2. The molecule has 1 unspecified atom stereocenters. The third-order valence-corrected chi connectivity index (χ3v) is 3.80. The minimum atomic E-state index is -6.66. The standard InChI is InChI=1S/C10H12F7NO6S2/c1-25(2,3)18-6(19)8(12,13)10(16,17)9(14,15)7(20)24-4-5(11)26(21,22)23/h5H,1-2,4H2,3H3,(H,18,19)(H,21,22,23). The fourth-order valence-corrected chi connectivity index (χ4v) is 1.89. The molecule has 0 aromatic carbocycles. The summed E-state index contributed by atoms with van der Waals surface area (Å²) in [4.78, 5) is 22.1. The molecule has 0 rings (SSSR count). The summed E-state index contributed by atoms with van der Waals surface area (Å²) in [6.45, 7) is -2.19. The van der Waals surface area contributed by atoms with Gasteiger partial charge in [-0.2, -0.15) is 34.8 Å². The topological polar surface area (TPSA) is 110 Å². The van der Waals surface area contributed by atoms with Gasteiger partial charge in [-0.1, -0.05) is 11.7 Å². The van der Waals surface area contributed by atoms with E-state index >= 15 is 0 Å². The molecule has 154 valence electrons. The number of hydrogen-bond acceptors (Lipinski definition) is 5. The predicted molar refractivity (Wildman–Crippen MR) is 78.1 cm³/mol. The molecule has 16 heteroatoms. The van der Waals surface area contributed by atoms with Crippen molar-refractivity contribution >= 4 is 43.1 Å². The lowest BCUT2D eigenvalue weighted by molar-refractivity contribution is -0.294. The van der Waals surface area contributed by atoms with Crippen LogP contribution in [0, 0.1) is 0 Å². The van der Waals surface area contributed by atoms with E-state index in [2.05, 4.69) is 16.5 Å². The average molecular weight is 439 g/mol. The number of ether oxygens (including phenoxy) is 1. The average Bonchev–Trinajstić information content (AvgIpc) is 2.40. The van der Waals surface area contributed by atoms with Crippen molar-refractivity contribution in [1.82, 2.24) is 4.72 Å². The summed E-state index contributed by atoms with van der Waals surface area (Å²) in [5, 5.41) is 0. The second-order valence-electron chi connectivity index (χ2n) is 4.95. The smallest absolute Gasteiger partial charge is 0.411 e. The Morgan fingerprint density at radius 1 is 1.12 bits per heavy atom. The molecule has 0 heterocycles. The number of rotatable bonds is 8. The maximum absolute atomic E-state index is 13.5. The van der Waals surface area contributed by atoms with Crippen LogP contribution in [0.4, 0.5) is 30.7 Å². The lowest BCUT2D eigenvalue weighted by Gasteiger charge is -2.30. The summed E-state index contributed by atoms with van der Waals surface area (Å²) in [5.74, 6) is -19.5. The molecule has 0 aromatic heterocycles. The van der Waals surface area contributed by atoms with Crippen molar-refractivity contribution in [2.75, 3.05) is 12.9 Å². The zero-order chi connectivity index (χ0) is 21.4. The van der Waals surface area contributed by atoms with Gasteiger partial charge in [0.2, 0.25) is 0 Å². The monoisotopic (exact) mass is 439 g/mol. The highest BCUT2D eigenvalue weighted by Crippen LogP contribution is 2.46.